The Balaban J connectivity index is 1.54. The molecule has 4 rings (SSSR count). The van der Waals surface area contributed by atoms with Crippen molar-refractivity contribution in [2.45, 2.75) is 11.8 Å². The lowest BCUT2D eigenvalue weighted by atomic mass is 10.3. The van der Waals surface area contributed by atoms with Crippen molar-refractivity contribution in [1.29, 1.82) is 0 Å². The number of fused-ring (bicyclic) bond motifs is 1. The standard InChI is InChI=1S/C20H21ClFN9S/c1-11-17-19(23-6-7-31(2)3)26-18(27-20(17)29-28-11)14-9-25-16(10-24-14)30-32-15-8-12(21)4-5-13(15)22/h4-5,8-10H,6-7H2,1-3H3,(H,25,30)(H2,23,26,27,28,29). The van der Waals surface area contributed by atoms with Crippen LogP contribution in [0.15, 0.2) is 35.5 Å². The molecule has 3 aromatic heterocycles. The van der Waals surface area contributed by atoms with Gasteiger partial charge in [-0.05, 0) is 51.2 Å². The number of nitrogens with one attached hydrogen (secondary N) is 3. The highest BCUT2D eigenvalue weighted by molar-refractivity contribution is 8.00. The number of anilines is 2. The maximum atomic E-state index is 13.9. The summed E-state index contributed by atoms with van der Waals surface area (Å²) in [6.07, 6.45) is 3.09. The molecular formula is C20H21ClFN9S. The van der Waals surface area contributed by atoms with Crippen LogP contribution in [-0.4, -0.2) is 62.2 Å². The SMILES string of the molecule is Cc1[nH]nc2nc(-c3cnc(NSc4cc(Cl)ccc4F)cn3)nc(NCCN(C)C)c12. The molecule has 166 valence electrons. The van der Waals surface area contributed by atoms with Crippen molar-refractivity contribution in [3.8, 4) is 11.5 Å². The van der Waals surface area contributed by atoms with Crippen LogP contribution in [0.4, 0.5) is 16.0 Å². The van der Waals surface area contributed by atoms with Crippen LogP contribution in [0.25, 0.3) is 22.6 Å². The molecule has 0 aliphatic rings. The van der Waals surface area contributed by atoms with E-state index >= 15 is 0 Å². The Labute approximate surface area is 193 Å². The van der Waals surface area contributed by atoms with Crippen LogP contribution in [0.5, 0.6) is 0 Å². The third kappa shape index (κ3) is 5.06. The fourth-order valence-electron chi connectivity index (χ4n) is 2.87. The van der Waals surface area contributed by atoms with E-state index in [1.165, 1.54) is 24.4 Å². The largest absolute Gasteiger partial charge is 0.368 e. The molecule has 0 spiro atoms. The predicted molar refractivity (Wildman–Crippen MR) is 125 cm³/mol. The number of aromatic nitrogens is 6. The number of likely N-dealkylation sites (N-methyl/N-ethyl adjacent to an activating group) is 1. The van der Waals surface area contributed by atoms with Crippen LogP contribution in [0.3, 0.4) is 0 Å². The Bertz CT molecular complexity index is 1230. The second-order valence-corrected chi connectivity index (χ2v) is 8.52. The van der Waals surface area contributed by atoms with Crippen molar-refractivity contribution in [2.24, 2.45) is 0 Å². The Hall–Kier alpha value is -3.02. The Morgan fingerprint density at radius 2 is 2.03 bits per heavy atom. The summed E-state index contributed by atoms with van der Waals surface area (Å²) < 4.78 is 16.8. The summed E-state index contributed by atoms with van der Waals surface area (Å²) in [4.78, 5) is 20.4. The number of halogens is 2. The number of H-pyrrole nitrogens is 1. The third-order valence-electron chi connectivity index (χ3n) is 4.49. The molecule has 0 aliphatic carbocycles. The molecule has 0 bridgehead atoms. The molecule has 0 saturated carbocycles. The predicted octanol–water partition coefficient (Wildman–Crippen LogP) is 4.00. The topological polar surface area (TPSA) is 108 Å². The molecule has 0 aliphatic heterocycles. The molecule has 32 heavy (non-hydrogen) atoms. The average Bonchev–Trinajstić information content (AvgIpc) is 3.15. The van der Waals surface area contributed by atoms with Crippen molar-refractivity contribution in [2.75, 3.05) is 37.2 Å². The van der Waals surface area contributed by atoms with Crippen LogP contribution in [0, 0.1) is 12.7 Å². The molecule has 1 aromatic carbocycles. The Kier molecular flexibility index (Phi) is 6.68. The maximum absolute atomic E-state index is 13.9. The summed E-state index contributed by atoms with van der Waals surface area (Å²) in [7, 11) is 4.02. The fourth-order valence-corrected chi connectivity index (χ4v) is 3.78. The first-order valence-electron chi connectivity index (χ1n) is 9.72. The van der Waals surface area contributed by atoms with Gasteiger partial charge < -0.3 is 14.9 Å². The molecule has 0 atom stereocenters. The average molecular weight is 474 g/mol. The summed E-state index contributed by atoms with van der Waals surface area (Å²) in [6.45, 7) is 3.49. The van der Waals surface area contributed by atoms with E-state index in [4.69, 9.17) is 11.6 Å². The van der Waals surface area contributed by atoms with Crippen molar-refractivity contribution >= 4 is 46.2 Å². The zero-order valence-electron chi connectivity index (χ0n) is 17.6. The molecule has 0 fully saturated rings. The Morgan fingerprint density at radius 1 is 1.19 bits per heavy atom. The van der Waals surface area contributed by atoms with E-state index in [0.29, 0.717) is 38.7 Å². The van der Waals surface area contributed by atoms with Gasteiger partial charge >= 0.3 is 0 Å². The highest BCUT2D eigenvalue weighted by Gasteiger charge is 2.15. The van der Waals surface area contributed by atoms with Crippen LogP contribution >= 0.6 is 23.5 Å². The first-order valence-corrected chi connectivity index (χ1v) is 10.9. The zero-order chi connectivity index (χ0) is 22.7. The van der Waals surface area contributed by atoms with Gasteiger partial charge in [-0.25, -0.2) is 24.3 Å². The monoisotopic (exact) mass is 473 g/mol. The summed E-state index contributed by atoms with van der Waals surface area (Å²) in [6, 6.07) is 4.35. The van der Waals surface area contributed by atoms with Gasteiger partial charge in [0, 0.05) is 23.8 Å². The van der Waals surface area contributed by atoms with Crippen LogP contribution in [0.1, 0.15) is 5.69 Å². The number of aromatic amines is 1. The van der Waals surface area contributed by atoms with E-state index in [-0.39, 0.29) is 5.82 Å². The van der Waals surface area contributed by atoms with Crippen LogP contribution in [-0.2, 0) is 0 Å². The first kappa shape index (κ1) is 22.2. The molecular weight excluding hydrogens is 453 g/mol. The smallest absolute Gasteiger partial charge is 0.187 e. The number of hydrogen-bond acceptors (Lipinski definition) is 9. The number of benzene rings is 1. The van der Waals surface area contributed by atoms with Gasteiger partial charge in [-0.3, -0.25) is 5.10 Å². The summed E-state index contributed by atoms with van der Waals surface area (Å²) in [5.41, 5.74) is 1.93. The molecule has 0 amide bonds. The van der Waals surface area contributed by atoms with Gasteiger partial charge in [0.1, 0.15) is 17.3 Å². The number of hydrogen-bond donors (Lipinski definition) is 3. The molecule has 0 saturated heterocycles. The van der Waals surface area contributed by atoms with E-state index < -0.39 is 0 Å². The fraction of sp³-hybridized carbons (Fsp3) is 0.250. The molecule has 3 heterocycles. The zero-order valence-corrected chi connectivity index (χ0v) is 19.2. The van der Waals surface area contributed by atoms with Crippen molar-refractivity contribution in [3.05, 3.63) is 47.1 Å². The molecule has 4 aromatic rings. The van der Waals surface area contributed by atoms with Gasteiger partial charge in [0.05, 0.1) is 22.7 Å². The lowest BCUT2D eigenvalue weighted by molar-refractivity contribution is 0.425. The third-order valence-corrected chi connectivity index (χ3v) is 5.56. The molecule has 9 nitrogen and oxygen atoms in total. The first-order chi connectivity index (χ1) is 15.4. The van der Waals surface area contributed by atoms with Crippen molar-refractivity contribution in [1.82, 2.24) is 35.0 Å². The second kappa shape index (κ2) is 9.63. The highest BCUT2D eigenvalue weighted by atomic mass is 35.5. The minimum Gasteiger partial charge on any atom is -0.368 e. The molecule has 0 radical (unpaired) electrons. The van der Waals surface area contributed by atoms with Crippen LogP contribution < -0.4 is 10.0 Å². The van der Waals surface area contributed by atoms with Crippen molar-refractivity contribution < 1.29 is 4.39 Å². The van der Waals surface area contributed by atoms with Crippen LogP contribution in [0.2, 0.25) is 5.02 Å². The van der Waals surface area contributed by atoms with Gasteiger partial charge in [0.15, 0.2) is 17.3 Å². The number of nitrogens with zero attached hydrogens (tertiary/aromatic N) is 6. The lowest BCUT2D eigenvalue weighted by Crippen LogP contribution is -2.21. The van der Waals surface area contributed by atoms with E-state index in [2.05, 4.69) is 45.1 Å². The molecule has 0 unspecified atom stereocenters. The minimum atomic E-state index is -0.373. The van der Waals surface area contributed by atoms with Gasteiger partial charge in [-0.1, -0.05) is 11.6 Å². The second-order valence-electron chi connectivity index (χ2n) is 7.24. The van der Waals surface area contributed by atoms with E-state index in [9.17, 15) is 4.39 Å². The molecule has 12 heteroatoms. The summed E-state index contributed by atoms with van der Waals surface area (Å²) >= 11 is 6.99. The summed E-state index contributed by atoms with van der Waals surface area (Å²) in [5, 5.41) is 11.9. The number of aryl methyl sites for hydroxylation is 1. The van der Waals surface area contributed by atoms with Gasteiger partial charge in [-0.15, -0.1) is 0 Å². The summed E-state index contributed by atoms with van der Waals surface area (Å²) in [5.74, 6) is 1.18. The van der Waals surface area contributed by atoms with Gasteiger partial charge in [0.25, 0.3) is 0 Å². The maximum Gasteiger partial charge on any atom is 0.187 e. The minimum absolute atomic E-state index is 0.361. The van der Waals surface area contributed by atoms with Gasteiger partial charge in [0.2, 0.25) is 0 Å². The quantitative estimate of drug-likeness (QED) is 0.327. The molecule has 3 N–H and O–H groups in total. The highest BCUT2D eigenvalue weighted by Crippen LogP contribution is 2.27. The number of rotatable bonds is 8. The van der Waals surface area contributed by atoms with Gasteiger partial charge in [-0.2, -0.15) is 5.10 Å². The normalized spacial score (nSPS) is 11.3. The van der Waals surface area contributed by atoms with E-state index in [1.54, 1.807) is 6.20 Å². The lowest BCUT2D eigenvalue weighted by Gasteiger charge is -2.12. The van der Waals surface area contributed by atoms with Crippen molar-refractivity contribution in [3.63, 3.8) is 0 Å². The Morgan fingerprint density at radius 3 is 2.78 bits per heavy atom. The van der Waals surface area contributed by atoms with E-state index in [1.807, 2.05) is 21.0 Å². The van der Waals surface area contributed by atoms with E-state index in [0.717, 1.165) is 36.1 Å².